The Kier molecular flexibility index (Phi) is 7.93. The van der Waals surface area contributed by atoms with Crippen LogP contribution in [0.25, 0.3) is 16.6 Å². The summed E-state index contributed by atoms with van der Waals surface area (Å²) in [7, 11) is 0. The van der Waals surface area contributed by atoms with Crippen LogP contribution in [0.3, 0.4) is 0 Å². The zero-order valence-corrected chi connectivity index (χ0v) is 20.5. The number of hydrogen-bond donors (Lipinski definition) is 0. The summed E-state index contributed by atoms with van der Waals surface area (Å²) in [5.74, 6) is 0.338. The summed E-state index contributed by atoms with van der Waals surface area (Å²) >= 11 is 3.53. The van der Waals surface area contributed by atoms with Crippen LogP contribution in [0, 0.1) is 10.5 Å². The van der Waals surface area contributed by atoms with Crippen LogP contribution in [0.2, 0.25) is 0 Å². The number of carbonyl (C=O) groups is 1. The van der Waals surface area contributed by atoms with Crippen molar-refractivity contribution in [2.75, 3.05) is 18.8 Å². The van der Waals surface area contributed by atoms with Crippen LogP contribution in [0.5, 0.6) is 0 Å². The molecule has 158 valence electrons. The maximum atomic E-state index is 13.4. The number of carbonyl (C=O) groups excluding carboxylic acids is 1. The minimum absolute atomic E-state index is 0.0797. The van der Waals surface area contributed by atoms with Gasteiger partial charge in [0.05, 0.1) is 22.3 Å². The maximum absolute atomic E-state index is 13.4. The first kappa shape index (κ1) is 22.8. The van der Waals surface area contributed by atoms with E-state index >= 15 is 0 Å². The first-order valence-corrected chi connectivity index (χ1v) is 12.2. The van der Waals surface area contributed by atoms with Crippen molar-refractivity contribution in [1.82, 2.24) is 14.5 Å². The van der Waals surface area contributed by atoms with Crippen molar-refractivity contribution in [1.29, 1.82) is 0 Å². The second-order valence-electron chi connectivity index (χ2n) is 7.20. The number of amides is 1. The van der Waals surface area contributed by atoms with E-state index in [-0.39, 0.29) is 17.2 Å². The molecule has 0 spiro atoms. The molecule has 0 bridgehead atoms. The van der Waals surface area contributed by atoms with Gasteiger partial charge in [-0.05, 0) is 72.7 Å². The average molecular weight is 535 g/mol. The zero-order chi connectivity index (χ0) is 21.7. The Morgan fingerprint density at radius 1 is 1.10 bits per heavy atom. The van der Waals surface area contributed by atoms with Crippen LogP contribution in [0.1, 0.15) is 32.3 Å². The van der Waals surface area contributed by atoms with E-state index in [0.29, 0.717) is 16.1 Å². The minimum Gasteiger partial charge on any atom is -0.342 e. The highest BCUT2D eigenvalue weighted by molar-refractivity contribution is 14.1. The number of aryl methyl sites for hydroxylation is 1. The quantitative estimate of drug-likeness (QED) is 0.231. The third kappa shape index (κ3) is 5.24. The number of halogens is 1. The Balaban J connectivity index is 2.03. The maximum Gasteiger partial charge on any atom is 0.266 e. The lowest BCUT2D eigenvalue weighted by Gasteiger charge is -2.21. The molecule has 3 aromatic rings. The summed E-state index contributed by atoms with van der Waals surface area (Å²) in [6.45, 7) is 7.66. The van der Waals surface area contributed by atoms with Gasteiger partial charge < -0.3 is 4.90 Å². The van der Waals surface area contributed by atoms with E-state index in [4.69, 9.17) is 4.98 Å². The van der Waals surface area contributed by atoms with E-state index in [1.165, 1.54) is 11.8 Å². The summed E-state index contributed by atoms with van der Waals surface area (Å²) in [5, 5.41) is 1.12. The molecule has 0 saturated heterocycles. The molecule has 2 aromatic carbocycles. The molecule has 3 rings (SSSR count). The monoisotopic (exact) mass is 535 g/mol. The number of thioether (sulfide) groups is 1. The highest BCUT2D eigenvalue weighted by Crippen LogP contribution is 2.23. The minimum atomic E-state index is -0.115. The molecule has 5 nitrogen and oxygen atoms in total. The molecule has 0 unspecified atom stereocenters. The summed E-state index contributed by atoms with van der Waals surface area (Å²) in [6, 6.07) is 13.5. The standard InChI is InChI=1S/C23H26IN3O2S/c1-4-12-26(13-5-2)21(28)15-30-23-25-20-11-8-17(24)14-19(20)22(29)27(23)18-9-6-16(3)7-10-18/h6-11,14H,4-5,12-13,15H2,1-3H3. The van der Waals surface area contributed by atoms with Gasteiger partial charge in [-0.25, -0.2) is 4.98 Å². The summed E-state index contributed by atoms with van der Waals surface area (Å²) < 4.78 is 2.61. The van der Waals surface area contributed by atoms with E-state index < -0.39 is 0 Å². The van der Waals surface area contributed by atoms with Gasteiger partial charge in [-0.1, -0.05) is 43.3 Å². The molecule has 0 saturated carbocycles. The summed E-state index contributed by atoms with van der Waals surface area (Å²) in [4.78, 5) is 32.8. The van der Waals surface area contributed by atoms with Crippen molar-refractivity contribution in [3.63, 3.8) is 0 Å². The predicted molar refractivity (Wildman–Crippen MR) is 133 cm³/mol. The van der Waals surface area contributed by atoms with Gasteiger partial charge in [0.15, 0.2) is 5.16 Å². The smallest absolute Gasteiger partial charge is 0.266 e. The zero-order valence-electron chi connectivity index (χ0n) is 17.5. The van der Waals surface area contributed by atoms with E-state index in [9.17, 15) is 9.59 Å². The van der Waals surface area contributed by atoms with Crippen LogP contribution >= 0.6 is 34.4 Å². The highest BCUT2D eigenvalue weighted by atomic mass is 127. The Bertz CT molecular complexity index is 1090. The number of fused-ring (bicyclic) bond motifs is 1. The van der Waals surface area contributed by atoms with E-state index in [2.05, 4.69) is 36.4 Å². The van der Waals surface area contributed by atoms with Crippen LogP contribution in [0.15, 0.2) is 52.4 Å². The Labute approximate surface area is 195 Å². The van der Waals surface area contributed by atoms with Gasteiger partial charge in [0.1, 0.15) is 0 Å². The Hall–Kier alpha value is -1.87. The molecule has 0 atom stereocenters. The molecule has 1 aromatic heterocycles. The number of nitrogens with zero attached hydrogens (tertiary/aromatic N) is 3. The lowest BCUT2D eigenvalue weighted by atomic mass is 10.2. The largest absolute Gasteiger partial charge is 0.342 e. The molecule has 0 aliphatic heterocycles. The molecular formula is C23H26IN3O2S. The SMILES string of the molecule is CCCN(CCC)C(=O)CSc1nc2ccc(I)cc2c(=O)n1-c1ccc(C)cc1. The summed E-state index contributed by atoms with van der Waals surface area (Å²) in [5.41, 5.74) is 2.41. The van der Waals surface area contributed by atoms with Gasteiger partial charge in [-0.15, -0.1) is 0 Å². The fourth-order valence-electron chi connectivity index (χ4n) is 3.27. The first-order chi connectivity index (χ1) is 14.4. The van der Waals surface area contributed by atoms with Crippen molar-refractivity contribution >= 4 is 51.2 Å². The van der Waals surface area contributed by atoms with Gasteiger partial charge in [0.25, 0.3) is 5.56 Å². The van der Waals surface area contributed by atoms with Gasteiger partial charge in [-0.2, -0.15) is 0 Å². The second kappa shape index (κ2) is 10.4. The molecule has 0 N–H and O–H groups in total. The number of rotatable bonds is 8. The molecule has 0 aliphatic carbocycles. The predicted octanol–water partition coefficient (Wildman–Crippen LogP) is 5.04. The molecule has 1 amide bonds. The topological polar surface area (TPSA) is 55.2 Å². The first-order valence-electron chi connectivity index (χ1n) is 10.1. The van der Waals surface area contributed by atoms with Crippen molar-refractivity contribution in [2.24, 2.45) is 0 Å². The third-order valence-electron chi connectivity index (χ3n) is 4.76. The average Bonchev–Trinajstić information content (AvgIpc) is 2.73. The van der Waals surface area contributed by atoms with Crippen LogP contribution in [0.4, 0.5) is 0 Å². The van der Waals surface area contributed by atoms with E-state index in [1.807, 2.05) is 54.3 Å². The van der Waals surface area contributed by atoms with Crippen molar-refractivity contribution in [3.8, 4) is 5.69 Å². The van der Waals surface area contributed by atoms with Gasteiger partial charge in [-0.3, -0.25) is 14.2 Å². The Morgan fingerprint density at radius 2 is 1.77 bits per heavy atom. The Morgan fingerprint density at radius 3 is 2.40 bits per heavy atom. The van der Waals surface area contributed by atoms with Gasteiger partial charge >= 0.3 is 0 Å². The molecule has 7 heteroatoms. The van der Waals surface area contributed by atoms with Crippen LogP contribution in [-0.4, -0.2) is 39.2 Å². The van der Waals surface area contributed by atoms with Crippen LogP contribution in [-0.2, 0) is 4.79 Å². The van der Waals surface area contributed by atoms with Crippen LogP contribution < -0.4 is 5.56 Å². The molecule has 1 heterocycles. The molecule has 0 aliphatic rings. The van der Waals surface area contributed by atoms with Crippen molar-refractivity contribution in [2.45, 2.75) is 38.8 Å². The molecule has 30 heavy (non-hydrogen) atoms. The fourth-order valence-corrected chi connectivity index (χ4v) is 4.68. The molecule has 0 radical (unpaired) electrons. The normalized spacial score (nSPS) is 11.1. The van der Waals surface area contributed by atoms with Gasteiger partial charge in [0, 0.05) is 16.7 Å². The number of hydrogen-bond acceptors (Lipinski definition) is 4. The fraction of sp³-hybridized carbons (Fsp3) is 0.348. The molecule has 0 fully saturated rings. The van der Waals surface area contributed by atoms with Crippen molar-refractivity contribution < 1.29 is 4.79 Å². The third-order valence-corrected chi connectivity index (χ3v) is 6.35. The second-order valence-corrected chi connectivity index (χ2v) is 9.39. The lowest BCUT2D eigenvalue weighted by molar-refractivity contribution is -0.128. The van der Waals surface area contributed by atoms with E-state index in [1.54, 1.807) is 4.57 Å². The molecular weight excluding hydrogens is 509 g/mol. The van der Waals surface area contributed by atoms with E-state index in [0.717, 1.165) is 40.8 Å². The highest BCUT2D eigenvalue weighted by Gasteiger charge is 2.17. The number of benzene rings is 2. The lowest BCUT2D eigenvalue weighted by Crippen LogP contribution is -2.34. The summed E-state index contributed by atoms with van der Waals surface area (Å²) in [6.07, 6.45) is 1.86. The number of aromatic nitrogens is 2. The van der Waals surface area contributed by atoms with Crippen molar-refractivity contribution in [3.05, 3.63) is 62.0 Å². The van der Waals surface area contributed by atoms with Gasteiger partial charge in [0.2, 0.25) is 5.91 Å².